The molecule has 0 aliphatic carbocycles. The van der Waals surface area contributed by atoms with Crippen LogP contribution in [-0.2, 0) is 11.2 Å². The summed E-state index contributed by atoms with van der Waals surface area (Å²) in [6, 6.07) is 13.0. The van der Waals surface area contributed by atoms with Crippen LogP contribution in [0.25, 0.3) is 11.5 Å². The Kier molecular flexibility index (Phi) is 4.86. The lowest BCUT2D eigenvalue weighted by atomic mass is 10.2. The van der Waals surface area contributed by atoms with Crippen LogP contribution < -0.4 is 5.32 Å². The number of nitrogens with zero attached hydrogens (tertiary/aromatic N) is 2. The zero-order chi connectivity index (χ0) is 16.9. The maximum absolute atomic E-state index is 13.7. The molecule has 0 bridgehead atoms. The van der Waals surface area contributed by atoms with Gasteiger partial charge in [-0.3, -0.25) is 4.79 Å². The molecule has 0 radical (unpaired) electrons. The van der Waals surface area contributed by atoms with Gasteiger partial charge in [0, 0.05) is 23.6 Å². The van der Waals surface area contributed by atoms with E-state index in [0.717, 1.165) is 0 Å². The van der Waals surface area contributed by atoms with E-state index in [2.05, 4.69) is 15.5 Å². The normalized spacial score (nSPS) is 10.6. The summed E-state index contributed by atoms with van der Waals surface area (Å²) in [4.78, 5) is 11.9. The predicted molar refractivity (Wildman–Crippen MR) is 88.1 cm³/mol. The van der Waals surface area contributed by atoms with E-state index in [9.17, 15) is 9.18 Å². The van der Waals surface area contributed by atoms with E-state index in [1.54, 1.807) is 42.5 Å². The van der Waals surface area contributed by atoms with E-state index < -0.39 is 5.82 Å². The number of nitrogens with one attached hydrogen (secondary N) is 1. The second-order valence-electron chi connectivity index (χ2n) is 5.04. The predicted octanol–water partition coefficient (Wildman–Crippen LogP) is 4.10. The molecule has 0 saturated carbocycles. The summed E-state index contributed by atoms with van der Waals surface area (Å²) in [5.74, 6) is -0.276. The zero-order valence-corrected chi connectivity index (χ0v) is 13.3. The van der Waals surface area contributed by atoms with Crippen molar-refractivity contribution in [1.82, 2.24) is 10.2 Å². The third-order valence-electron chi connectivity index (χ3n) is 3.25. The van der Waals surface area contributed by atoms with Gasteiger partial charge in [-0.15, -0.1) is 10.2 Å². The minimum Gasteiger partial charge on any atom is -0.421 e. The van der Waals surface area contributed by atoms with Crippen molar-refractivity contribution in [3.63, 3.8) is 0 Å². The largest absolute Gasteiger partial charge is 0.421 e. The van der Waals surface area contributed by atoms with Gasteiger partial charge in [-0.2, -0.15) is 0 Å². The quantitative estimate of drug-likeness (QED) is 0.756. The molecule has 0 aliphatic heterocycles. The Balaban J connectivity index is 1.59. The molecule has 0 unspecified atom stereocenters. The van der Waals surface area contributed by atoms with E-state index in [4.69, 9.17) is 16.0 Å². The first-order valence-corrected chi connectivity index (χ1v) is 7.62. The van der Waals surface area contributed by atoms with Crippen molar-refractivity contribution in [2.24, 2.45) is 0 Å². The van der Waals surface area contributed by atoms with Crippen LogP contribution in [-0.4, -0.2) is 16.1 Å². The SMILES string of the molecule is O=C(CCc1nnc(-c2ccccc2F)o1)Nc1cccc(Cl)c1. The lowest BCUT2D eigenvalue weighted by Crippen LogP contribution is -2.12. The van der Waals surface area contributed by atoms with Crippen LogP contribution in [0, 0.1) is 5.82 Å². The van der Waals surface area contributed by atoms with Crippen molar-refractivity contribution in [3.05, 3.63) is 65.3 Å². The maximum atomic E-state index is 13.7. The second kappa shape index (κ2) is 7.23. The Morgan fingerprint density at radius 2 is 2.00 bits per heavy atom. The van der Waals surface area contributed by atoms with Gasteiger partial charge in [-0.25, -0.2) is 4.39 Å². The first-order valence-electron chi connectivity index (χ1n) is 7.24. The molecular weight excluding hydrogens is 333 g/mol. The average molecular weight is 346 g/mol. The van der Waals surface area contributed by atoms with E-state index in [1.807, 2.05) is 0 Å². The zero-order valence-electron chi connectivity index (χ0n) is 12.5. The first-order chi connectivity index (χ1) is 11.6. The lowest BCUT2D eigenvalue weighted by Gasteiger charge is -2.04. The summed E-state index contributed by atoms with van der Waals surface area (Å²) in [5, 5.41) is 10.9. The van der Waals surface area contributed by atoms with Crippen LogP contribution in [0.5, 0.6) is 0 Å². The fourth-order valence-corrected chi connectivity index (χ4v) is 2.30. The number of amides is 1. The maximum Gasteiger partial charge on any atom is 0.250 e. The number of halogens is 2. The van der Waals surface area contributed by atoms with Gasteiger partial charge in [-0.05, 0) is 30.3 Å². The third-order valence-corrected chi connectivity index (χ3v) is 3.48. The van der Waals surface area contributed by atoms with E-state index in [1.165, 1.54) is 6.07 Å². The van der Waals surface area contributed by atoms with Gasteiger partial charge < -0.3 is 9.73 Å². The number of carbonyl (C=O) groups excluding carboxylic acids is 1. The summed E-state index contributed by atoms with van der Waals surface area (Å²) >= 11 is 5.86. The summed E-state index contributed by atoms with van der Waals surface area (Å²) in [7, 11) is 0. The molecule has 0 spiro atoms. The van der Waals surface area contributed by atoms with Gasteiger partial charge in [0.05, 0.1) is 5.56 Å². The van der Waals surface area contributed by atoms with Gasteiger partial charge in [0.15, 0.2) is 0 Å². The number of aromatic nitrogens is 2. The van der Waals surface area contributed by atoms with E-state index >= 15 is 0 Å². The highest BCUT2D eigenvalue weighted by atomic mass is 35.5. The molecular formula is C17H13ClFN3O2. The summed E-state index contributed by atoms with van der Waals surface area (Å²) in [6.07, 6.45) is 0.416. The van der Waals surface area contributed by atoms with Crippen molar-refractivity contribution in [3.8, 4) is 11.5 Å². The molecule has 0 aliphatic rings. The molecule has 1 heterocycles. The molecule has 7 heteroatoms. The molecule has 1 aromatic heterocycles. The van der Waals surface area contributed by atoms with Crippen molar-refractivity contribution in [2.75, 3.05) is 5.32 Å². The summed E-state index contributed by atoms with van der Waals surface area (Å²) in [5.41, 5.74) is 0.852. The lowest BCUT2D eigenvalue weighted by molar-refractivity contribution is -0.116. The summed E-state index contributed by atoms with van der Waals surface area (Å²) < 4.78 is 19.1. The van der Waals surface area contributed by atoms with Crippen LogP contribution >= 0.6 is 11.6 Å². The van der Waals surface area contributed by atoms with Crippen LogP contribution in [0.3, 0.4) is 0 Å². The van der Waals surface area contributed by atoms with Gasteiger partial charge in [0.2, 0.25) is 11.8 Å². The monoisotopic (exact) mass is 345 g/mol. The van der Waals surface area contributed by atoms with Crippen LogP contribution in [0.4, 0.5) is 10.1 Å². The number of carbonyl (C=O) groups is 1. The fraction of sp³-hybridized carbons (Fsp3) is 0.118. The van der Waals surface area contributed by atoms with Gasteiger partial charge in [-0.1, -0.05) is 29.8 Å². The highest BCUT2D eigenvalue weighted by Crippen LogP contribution is 2.21. The minimum absolute atomic E-state index is 0.0957. The molecule has 3 aromatic rings. The third kappa shape index (κ3) is 3.97. The van der Waals surface area contributed by atoms with Crippen molar-refractivity contribution >= 4 is 23.2 Å². The molecule has 24 heavy (non-hydrogen) atoms. The molecule has 0 atom stereocenters. The molecule has 0 saturated heterocycles. The smallest absolute Gasteiger partial charge is 0.250 e. The fourth-order valence-electron chi connectivity index (χ4n) is 2.11. The molecule has 0 fully saturated rings. The van der Waals surface area contributed by atoms with E-state index in [0.29, 0.717) is 10.7 Å². The first kappa shape index (κ1) is 16.1. The standard InChI is InChI=1S/C17H13ClFN3O2/c18-11-4-3-5-12(10-11)20-15(23)8-9-16-21-22-17(24-16)13-6-1-2-7-14(13)19/h1-7,10H,8-9H2,(H,20,23). The molecule has 122 valence electrons. The molecule has 2 aromatic carbocycles. The Morgan fingerprint density at radius 1 is 1.17 bits per heavy atom. The topological polar surface area (TPSA) is 68.0 Å². The molecule has 1 N–H and O–H groups in total. The van der Waals surface area contributed by atoms with Crippen LogP contribution in [0.15, 0.2) is 52.9 Å². The van der Waals surface area contributed by atoms with Crippen molar-refractivity contribution in [2.45, 2.75) is 12.8 Å². The number of benzene rings is 2. The highest BCUT2D eigenvalue weighted by Gasteiger charge is 2.13. The average Bonchev–Trinajstić information content (AvgIpc) is 3.02. The second-order valence-corrected chi connectivity index (χ2v) is 5.48. The number of aryl methyl sites for hydroxylation is 1. The number of rotatable bonds is 5. The van der Waals surface area contributed by atoms with Crippen molar-refractivity contribution < 1.29 is 13.6 Å². The van der Waals surface area contributed by atoms with Gasteiger partial charge >= 0.3 is 0 Å². The Labute approximate surface area is 142 Å². The molecule has 5 nitrogen and oxygen atoms in total. The number of hydrogen-bond acceptors (Lipinski definition) is 4. The summed E-state index contributed by atoms with van der Waals surface area (Å²) in [6.45, 7) is 0. The Bertz CT molecular complexity index is 866. The van der Waals surface area contributed by atoms with Gasteiger partial charge in [0.1, 0.15) is 5.82 Å². The molecule has 3 rings (SSSR count). The van der Waals surface area contributed by atoms with Gasteiger partial charge in [0.25, 0.3) is 5.89 Å². The molecule has 1 amide bonds. The van der Waals surface area contributed by atoms with Crippen LogP contribution in [0.2, 0.25) is 5.02 Å². The number of anilines is 1. The van der Waals surface area contributed by atoms with Crippen LogP contribution in [0.1, 0.15) is 12.3 Å². The Morgan fingerprint density at radius 3 is 2.79 bits per heavy atom. The van der Waals surface area contributed by atoms with E-state index in [-0.39, 0.29) is 36.1 Å². The number of hydrogen-bond donors (Lipinski definition) is 1. The Hall–Kier alpha value is -2.73. The minimum atomic E-state index is -0.439. The highest BCUT2D eigenvalue weighted by molar-refractivity contribution is 6.30. The van der Waals surface area contributed by atoms with Crippen molar-refractivity contribution in [1.29, 1.82) is 0 Å².